The number of carbonyl (C=O) groups is 3. The first-order valence-corrected chi connectivity index (χ1v) is 12.7. The van der Waals surface area contributed by atoms with Crippen molar-refractivity contribution in [1.29, 1.82) is 0 Å². The maximum absolute atomic E-state index is 13.5. The van der Waals surface area contributed by atoms with E-state index < -0.39 is 6.61 Å². The molecule has 10 heteroatoms. The molecule has 0 unspecified atom stereocenters. The number of amides is 2. The molecule has 1 saturated heterocycles. The van der Waals surface area contributed by atoms with Crippen LogP contribution in [0.2, 0.25) is 0 Å². The number of aliphatic hydroxyl groups excluding tert-OH is 1. The third-order valence-corrected chi connectivity index (χ3v) is 7.44. The maximum atomic E-state index is 13.5. The van der Waals surface area contributed by atoms with Crippen molar-refractivity contribution in [2.75, 3.05) is 26.3 Å². The van der Waals surface area contributed by atoms with Gasteiger partial charge in [0.2, 0.25) is 5.91 Å². The van der Waals surface area contributed by atoms with Gasteiger partial charge in [-0.2, -0.15) is 0 Å². The number of aryl methyl sites for hydroxylation is 1. The van der Waals surface area contributed by atoms with Crippen molar-refractivity contribution in [3.05, 3.63) is 62.9 Å². The Morgan fingerprint density at radius 3 is 2.50 bits per heavy atom. The lowest BCUT2D eigenvalue weighted by molar-refractivity contribution is -0.135. The normalized spacial score (nSPS) is 14.1. The van der Waals surface area contributed by atoms with E-state index in [9.17, 15) is 19.2 Å². The molecule has 36 heavy (non-hydrogen) atoms. The second kappa shape index (κ2) is 11.0. The summed E-state index contributed by atoms with van der Waals surface area (Å²) < 4.78 is 7.84. The van der Waals surface area contributed by atoms with Crippen molar-refractivity contribution in [1.82, 2.24) is 14.8 Å². The van der Waals surface area contributed by atoms with Crippen molar-refractivity contribution in [2.45, 2.75) is 39.3 Å². The molecule has 3 heterocycles. The molecule has 0 bridgehead atoms. The van der Waals surface area contributed by atoms with Gasteiger partial charge in [-0.1, -0.05) is 30.3 Å². The van der Waals surface area contributed by atoms with Gasteiger partial charge in [-0.3, -0.25) is 19.2 Å². The zero-order valence-electron chi connectivity index (χ0n) is 20.3. The van der Waals surface area contributed by atoms with Gasteiger partial charge in [-0.05, 0) is 32.8 Å². The summed E-state index contributed by atoms with van der Waals surface area (Å²) in [6.45, 7) is 4.08. The van der Waals surface area contributed by atoms with Crippen molar-refractivity contribution in [3.8, 4) is 5.75 Å². The predicted octanol–water partition coefficient (Wildman–Crippen LogP) is 2.37. The van der Waals surface area contributed by atoms with E-state index in [1.807, 2.05) is 6.07 Å². The van der Waals surface area contributed by atoms with Gasteiger partial charge in [0.1, 0.15) is 16.9 Å². The lowest BCUT2D eigenvalue weighted by atomic mass is 10.0. The van der Waals surface area contributed by atoms with Gasteiger partial charge in [-0.15, -0.1) is 11.3 Å². The third-order valence-electron chi connectivity index (χ3n) is 6.33. The van der Waals surface area contributed by atoms with E-state index in [1.165, 1.54) is 15.9 Å². The molecule has 2 amide bonds. The number of benzene rings is 1. The van der Waals surface area contributed by atoms with Gasteiger partial charge in [-0.25, -0.2) is 0 Å². The lowest BCUT2D eigenvalue weighted by Gasteiger charge is -2.32. The monoisotopic (exact) mass is 511 g/mol. The van der Waals surface area contributed by atoms with Crippen LogP contribution in [-0.2, 0) is 11.3 Å². The molecule has 0 atom stereocenters. The van der Waals surface area contributed by atoms with Crippen LogP contribution in [0.15, 0.2) is 41.2 Å². The number of nitrogens with zero attached hydrogens (tertiary/aromatic N) is 2. The van der Waals surface area contributed by atoms with Crippen molar-refractivity contribution in [2.24, 2.45) is 0 Å². The number of fused-ring (bicyclic) bond motifs is 1. The Hall–Kier alpha value is -3.50. The van der Waals surface area contributed by atoms with E-state index in [2.05, 4.69) is 5.32 Å². The fourth-order valence-electron chi connectivity index (χ4n) is 4.41. The quantitative estimate of drug-likeness (QED) is 0.449. The topological polar surface area (TPSA) is 118 Å². The molecule has 1 fully saturated rings. The highest BCUT2D eigenvalue weighted by Crippen LogP contribution is 2.36. The van der Waals surface area contributed by atoms with Gasteiger partial charge >= 0.3 is 0 Å². The molecule has 190 valence electrons. The molecule has 0 spiro atoms. The summed E-state index contributed by atoms with van der Waals surface area (Å²) in [6.07, 6.45) is 1.14. The van der Waals surface area contributed by atoms with Crippen molar-refractivity contribution in [3.63, 3.8) is 0 Å². The van der Waals surface area contributed by atoms with E-state index in [4.69, 9.17) is 9.84 Å². The minimum absolute atomic E-state index is 0.112. The van der Waals surface area contributed by atoms with Crippen LogP contribution in [0, 0.1) is 6.92 Å². The molecular weight excluding hydrogens is 482 g/mol. The second-order valence-electron chi connectivity index (χ2n) is 8.69. The van der Waals surface area contributed by atoms with E-state index in [0.717, 1.165) is 0 Å². The number of thiophene rings is 1. The zero-order valence-corrected chi connectivity index (χ0v) is 21.1. The number of rotatable bonds is 8. The number of nitrogens with one attached hydrogen (secondary N) is 1. The van der Waals surface area contributed by atoms with Crippen molar-refractivity contribution < 1.29 is 24.2 Å². The number of likely N-dealkylation sites (tertiary alicyclic amines) is 1. The number of pyridine rings is 1. The van der Waals surface area contributed by atoms with Gasteiger partial charge in [0.15, 0.2) is 11.5 Å². The lowest BCUT2D eigenvalue weighted by Crippen LogP contribution is -2.47. The van der Waals surface area contributed by atoms with E-state index >= 15 is 0 Å². The Balaban J connectivity index is 1.61. The third kappa shape index (κ3) is 5.19. The van der Waals surface area contributed by atoms with Crippen LogP contribution in [-0.4, -0.2) is 64.5 Å². The molecule has 1 aliphatic rings. The van der Waals surface area contributed by atoms with Gasteiger partial charge in [0, 0.05) is 35.1 Å². The summed E-state index contributed by atoms with van der Waals surface area (Å²) in [5, 5.41) is 12.3. The molecule has 2 N–H and O–H groups in total. The first kappa shape index (κ1) is 25.6. The number of carbonyl (C=O) groups excluding carboxylic acids is 3. The van der Waals surface area contributed by atoms with Crippen LogP contribution < -0.4 is 15.6 Å². The summed E-state index contributed by atoms with van der Waals surface area (Å²) in [6, 6.07) is 10.5. The maximum Gasteiger partial charge on any atom is 0.265 e. The Morgan fingerprint density at radius 2 is 1.86 bits per heavy atom. The number of ketones is 1. The number of aromatic nitrogens is 1. The average molecular weight is 512 g/mol. The summed E-state index contributed by atoms with van der Waals surface area (Å²) in [4.78, 5) is 53.1. The molecule has 3 aromatic rings. The van der Waals surface area contributed by atoms with Crippen molar-refractivity contribution >= 4 is 39.0 Å². The Labute approximate surface area is 212 Å². The Morgan fingerprint density at radius 1 is 1.17 bits per heavy atom. The van der Waals surface area contributed by atoms with E-state index in [0.29, 0.717) is 52.2 Å². The first-order chi connectivity index (χ1) is 17.3. The fraction of sp³-hybridized carbons (Fsp3) is 0.385. The number of Topliss-reactive ketones (excluding diaryl/α,β-unsaturated/α-hetero) is 1. The molecule has 1 aliphatic heterocycles. The molecule has 9 nitrogen and oxygen atoms in total. The second-order valence-corrected chi connectivity index (χ2v) is 9.74. The minimum Gasteiger partial charge on any atom is -0.491 e. The van der Waals surface area contributed by atoms with Crippen LogP contribution in [0.25, 0.3) is 10.1 Å². The van der Waals surface area contributed by atoms with Crippen LogP contribution in [0.1, 0.15) is 45.5 Å². The summed E-state index contributed by atoms with van der Waals surface area (Å²) >= 11 is 1.19. The predicted molar refractivity (Wildman–Crippen MR) is 137 cm³/mol. The SMILES string of the molecule is CCOc1c(C(=O)NC2CCN(C(=O)CO)CC2)sc2cc(C)n(CC(=O)c3ccccc3)c(=O)c12. The molecular formula is C26H29N3O6S. The van der Waals surface area contributed by atoms with Crippen LogP contribution >= 0.6 is 11.3 Å². The zero-order chi connectivity index (χ0) is 25.8. The fourth-order valence-corrected chi connectivity index (χ4v) is 5.55. The van der Waals surface area contributed by atoms with Gasteiger partial charge in [0.25, 0.3) is 11.5 Å². The highest BCUT2D eigenvalue weighted by molar-refractivity contribution is 7.21. The minimum atomic E-state index is -0.523. The highest BCUT2D eigenvalue weighted by atomic mass is 32.1. The molecule has 2 aromatic heterocycles. The summed E-state index contributed by atoms with van der Waals surface area (Å²) in [5.41, 5.74) is 0.767. The number of hydrogen-bond acceptors (Lipinski definition) is 7. The van der Waals surface area contributed by atoms with Crippen LogP contribution in [0.4, 0.5) is 0 Å². The van der Waals surface area contributed by atoms with Crippen LogP contribution in [0.5, 0.6) is 5.75 Å². The van der Waals surface area contributed by atoms with E-state index in [-0.39, 0.29) is 48.1 Å². The smallest absolute Gasteiger partial charge is 0.265 e. The van der Waals surface area contributed by atoms with Crippen LogP contribution in [0.3, 0.4) is 0 Å². The molecule has 0 radical (unpaired) electrons. The summed E-state index contributed by atoms with van der Waals surface area (Å²) in [7, 11) is 0. The largest absolute Gasteiger partial charge is 0.491 e. The molecule has 0 aliphatic carbocycles. The standard InChI is InChI=1S/C26H29N3O6S/c1-3-35-23-22-20(13-16(2)29(26(22)34)14-19(31)17-7-5-4-6-8-17)36-24(23)25(33)27-18-9-11-28(12-10-18)21(32)15-30/h4-8,13,18,30H,3,9-12,14-15H2,1-2H3,(H,27,33). The average Bonchev–Trinajstić information content (AvgIpc) is 3.25. The molecule has 1 aromatic carbocycles. The van der Waals surface area contributed by atoms with Gasteiger partial charge in [0.05, 0.1) is 13.2 Å². The molecule has 0 saturated carbocycles. The number of aliphatic hydroxyl groups is 1. The molecule has 4 rings (SSSR count). The van der Waals surface area contributed by atoms with E-state index in [1.54, 1.807) is 49.1 Å². The number of hydrogen-bond donors (Lipinski definition) is 2. The Kier molecular flexibility index (Phi) is 7.85. The first-order valence-electron chi connectivity index (χ1n) is 11.9. The summed E-state index contributed by atoms with van der Waals surface area (Å²) in [5.74, 6) is -0.609. The highest BCUT2D eigenvalue weighted by Gasteiger charge is 2.28. The van der Waals surface area contributed by atoms with Gasteiger partial charge < -0.3 is 24.6 Å². The number of ether oxygens (including phenoxy) is 1. The number of piperidine rings is 1. The Bertz CT molecular complexity index is 1340.